The zero-order valence-electron chi connectivity index (χ0n) is 19.2. The number of thiol groups is 1. The maximum atomic E-state index is 4.89. The number of benzene rings is 4. The molecular formula is C31H30S. The molecule has 1 atom stereocenters. The Morgan fingerprint density at radius 3 is 2.31 bits per heavy atom. The Hall–Kier alpha value is -2.77. The molecule has 0 saturated heterocycles. The summed E-state index contributed by atoms with van der Waals surface area (Å²) >= 11 is 4.89. The van der Waals surface area contributed by atoms with Crippen LogP contribution in [0.4, 0.5) is 0 Å². The van der Waals surface area contributed by atoms with Crippen molar-refractivity contribution in [2.45, 2.75) is 40.0 Å². The van der Waals surface area contributed by atoms with E-state index >= 15 is 0 Å². The van der Waals surface area contributed by atoms with Crippen LogP contribution in [0, 0.1) is 19.3 Å². The predicted molar refractivity (Wildman–Crippen MR) is 144 cm³/mol. The highest BCUT2D eigenvalue weighted by Crippen LogP contribution is 2.37. The van der Waals surface area contributed by atoms with E-state index in [4.69, 9.17) is 12.6 Å². The number of aryl methyl sites for hydroxylation is 2. The van der Waals surface area contributed by atoms with Gasteiger partial charge < -0.3 is 0 Å². The van der Waals surface area contributed by atoms with Crippen LogP contribution in [0.25, 0.3) is 32.5 Å². The molecule has 0 fully saturated rings. The smallest absolute Gasteiger partial charge is 0.00727 e. The first-order chi connectivity index (χ1) is 15.5. The number of rotatable bonds is 4. The fourth-order valence-electron chi connectivity index (χ4n) is 5.24. The first-order valence-corrected chi connectivity index (χ1v) is 12.0. The first-order valence-electron chi connectivity index (χ1n) is 11.5. The quantitative estimate of drug-likeness (QED) is 0.240. The van der Waals surface area contributed by atoms with E-state index in [-0.39, 0.29) is 5.41 Å². The monoisotopic (exact) mass is 434 g/mol. The summed E-state index contributed by atoms with van der Waals surface area (Å²) in [4.78, 5) is 1.07. The first kappa shape index (κ1) is 21.1. The molecule has 4 aromatic carbocycles. The van der Waals surface area contributed by atoms with Crippen LogP contribution in [0.15, 0.2) is 78.9 Å². The molecule has 0 saturated carbocycles. The Kier molecular flexibility index (Phi) is 5.47. The van der Waals surface area contributed by atoms with Crippen molar-refractivity contribution >= 4 is 45.2 Å². The van der Waals surface area contributed by atoms with E-state index in [2.05, 4.69) is 106 Å². The van der Waals surface area contributed by atoms with Gasteiger partial charge in [-0.05, 0) is 94.0 Å². The SMILES string of the molecule is Cc1c2ccccc2c(C)c2cc(/C(S)=C/CC[C@@]3(C)C=Cc4ccccc4C3)ccc12. The number of hydrogen-bond acceptors (Lipinski definition) is 1. The molecule has 4 aromatic rings. The van der Waals surface area contributed by atoms with Crippen LogP contribution < -0.4 is 0 Å². The van der Waals surface area contributed by atoms with Gasteiger partial charge in [0, 0.05) is 4.91 Å². The van der Waals surface area contributed by atoms with Crippen LogP contribution in [-0.2, 0) is 6.42 Å². The van der Waals surface area contributed by atoms with Crippen molar-refractivity contribution in [1.29, 1.82) is 0 Å². The molecular weight excluding hydrogens is 404 g/mol. The summed E-state index contributed by atoms with van der Waals surface area (Å²) in [5.41, 5.74) is 6.94. The van der Waals surface area contributed by atoms with E-state index in [1.165, 1.54) is 49.4 Å². The molecule has 1 aliphatic rings. The Balaban J connectivity index is 1.39. The average Bonchev–Trinajstić information content (AvgIpc) is 2.82. The number of fused-ring (bicyclic) bond motifs is 3. The lowest BCUT2D eigenvalue weighted by Gasteiger charge is -2.30. The third-order valence-corrected chi connectivity index (χ3v) is 7.67. The average molecular weight is 435 g/mol. The Labute approximate surface area is 197 Å². The molecule has 1 aliphatic carbocycles. The van der Waals surface area contributed by atoms with Crippen molar-refractivity contribution in [2.75, 3.05) is 0 Å². The van der Waals surface area contributed by atoms with Gasteiger partial charge in [-0.1, -0.05) is 85.8 Å². The third kappa shape index (κ3) is 3.80. The minimum absolute atomic E-state index is 0.203. The highest BCUT2D eigenvalue weighted by atomic mass is 32.1. The fraction of sp³-hybridized carbons (Fsp3) is 0.226. The van der Waals surface area contributed by atoms with Crippen molar-refractivity contribution in [3.8, 4) is 0 Å². The summed E-state index contributed by atoms with van der Waals surface area (Å²) in [5, 5.41) is 5.36. The van der Waals surface area contributed by atoms with Crippen LogP contribution in [0.3, 0.4) is 0 Å². The lowest BCUT2D eigenvalue weighted by Crippen LogP contribution is -2.19. The third-order valence-electron chi connectivity index (χ3n) is 7.23. The van der Waals surface area contributed by atoms with E-state index in [9.17, 15) is 0 Å². The largest absolute Gasteiger partial charge is 0.143 e. The van der Waals surface area contributed by atoms with Crippen molar-refractivity contribution < 1.29 is 0 Å². The Morgan fingerprint density at radius 2 is 1.53 bits per heavy atom. The van der Waals surface area contributed by atoms with E-state index < -0.39 is 0 Å². The lowest BCUT2D eigenvalue weighted by atomic mass is 9.75. The second-order valence-electron chi connectivity index (χ2n) is 9.55. The molecule has 0 aliphatic heterocycles. The summed E-state index contributed by atoms with van der Waals surface area (Å²) in [5.74, 6) is 0. The van der Waals surface area contributed by atoms with Gasteiger partial charge in [-0.3, -0.25) is 0 Å². The minimum Gasteiger partial charge on any atom is -0.143 e. The molecule has 0 bridgehead atoms. The Morgan fingerprint density at radius 1 is 0.875 bits per heavy atom. The summed E-state index contributed by atoms with van der Waals surface area (Å²) in [7, 11) is 0. The van der Waals surface area contributed by atoms with Gasteiger partial charge in [0.25, 0.3) is 0 Å². The molecule has 0 N–H and O–H groups in total. The molecule has 5 rings (SSSR count). The zero-order valence-corrected chi connectivity index (χ0v) is 20.0. The molecule has 0 aromatic heterocycles. The molecule has 160 valence electrons. The van der Waals surface area contributed by atoms with E-state index in [0.29, 0.717) is 0 Å². The standard InChI is InChI=1S/C31H30S/c1-21-26-11-6-7-12-27(26)22(2)29-19-24(14-15-28(21)29)30(32)13-8-17-31(3)18-16-23-9-4-5-10-25(23)20-31/h4-7,9-16,18-19,32H,8,17,20H2,1-3H3/b30-13-/t31-/m0/s1. The van der Waals surface area contributed by atoms with Gasteiger partial charge in [0.2, 0.25) is 0 Å². The van der Waals surface area contributed by atoms with Crippen LogP contribution in [0.2, 0.25) is 0 Å². The van der Waals surface area contributed by atoms with Crippen molar-refractivity contribution in [1.82, 2.24) is 0 Å². The lowest BCUT2D eigenvalue weighted by molar-refractivity contribution is 0.390. The molecule has 1 heteroatoms. The van der Waals surface area contributed by atoms with Gasteiger partial charge in [0.15, 0.2) is 0 Å². The van der Waals surface area contributed by atoms with E-state index in [1.54, 1.807) is 0 Å². The van der Waals surface area contributed by atoms with Crippen molar-refractivity contribution in [2.24, 2.45) is 5.41 Å². The zero-order chi connectivity index (χ0) is 22.3. The maximum Gasteiger partial charge on any atom is 0.00727 e. The molecule has 0 radical (unpaired) electrons. The highest BCUT2D eigenvalue weighted by molar-refractivity contribution is 7.90. The second kappa shape index (κ2) is 8.30. The fourth-order valence-corrected chi connectivity index (χ4v) is 5.51. The molecule has 0 amide bonds. The van der Waals surface area contributed by atoms with Gasteiger partial charge >= 0.3 is 0 Å². The van der Waals surface area contributed by atoms with Gasteiger partial charge in [-0.15, -0.1) is 12.6 Å². The summed E-state index contributed by atoms with van der Waals surface area (Å²) in [6.07, 6.45) is 10.2. The van der Waals surface area contributed by atoms with Gasteiger partial charge in [0.05, 0.1) is 0 Å². The Bertz CT molecular complexity index is 1390. The van der Waals surface area contributed by atoms with Gasteiger partial charge in [-0.2, -0.15) is 0 Å². The topological polar surface area (TPSA) is 0 Å². The van der Waals surface area contributed by atoms with Crippen LogP contribution in [0.1, 0.15) is 47.6 Å². The van der Waals surface area contributed by atoms with Crippen molar-refractivity contribution in [3.05, 3.63) is 107 Å². The molecule has 32 heavy (non-hydrogen) atoms. The number of allylic oxidation sites excluding steroid dienone is 2. The van der Waals surface area contributed by atoms with Crippen LogP contribution in [-0.4, -0.2) is 0 Å². The molecule has 0 unspecified atom stereocenters. The summed E-state index contributed by atoms with van der Waals surface area (Å²) in [6.45, 7) is 6.85. The highest BCUT2D eigenvalue weighted by Gasteiger charge is 2.24. The normalized spacial score (nSPS) is 18.3. The second-order valence-corrected chi connectivity index (χ2v) is 10.0. The molecule has 0 spiro atoms. The summed E-state index contributed by atoms with van der Waals surface area (Å²) < 4.78 is 0. The van der Waals surface area contributed by atoms with Gasteiger partial charge in [-0.25, -0.2) is 0 Å². The summed E-state index contributed by atoms with van der Waals surface area (Å²) in [6, 6.07) is 24.3. The van der Waals surface area contributed by atoms with Crippen LogP contribution >= 0.6 is 12.6 Å². The molecule has 0 heterocycles. The minimum atomic E-state index is 0.203. The molecule has 0 nitrogen and oxygen atoms in total. The van der Waals surface area contributed by atoms with Gasteiger partial charge in [0.1, 0.15) is 0 Å². The predicted octanol–water partition coefficient (Wildman–Crippen LogP) is 8.94. The van der Waals surface area contributed by atoms with E-state index in [1.807, 2.05) is 0 Å². The van der Waals surface area contributed by atoms with Crippen molar-refractivity contribution in [3.63, 3.8) is 0 Å². The van der Waals surface area contributed by atoms with E-state index in [0.717, 1.165) is 24.2 Å². The number of hydrogen-bond donors (Lipinski definition) is 1. The maximum absolute atomic E-state index is 4.89. The van der Waals surface area contributed by atoms with Crippen LogP contribution in [0.5, 0.6) is 0 Å².